The quantitative estimate of drug-likeness (QED) is 0.893. The lowest BCUT2D eigenvalue weighted by molar-refractivity contribution is -0.135. The molecule has 1 aromatic rings. The first-order valence-corrected chi connectivity index (χ1v) is 6.95. The maximum Gasteiger partial charge on any atom is 0.241 e. The van der Waals surface area contributed by atoms with Crippen LogP contribution in [0.5, 0.6) is 5.75 Å². The van der Waals surface area contributed by atoms with Crippen molar-refractivity contribution < 1.29 is 14.3 Å². The minimum absolute atomic E-state index is 0. The normalized spacial score (nSPS) is 17.0. The number of methoxy groups -OCH3 is 1. The molecule has 5 nitrogen and oxygen atoms in total. The molecule has 0 aromatic heterocycles. The summed E-state index contributed by atoms with van der Waals surface area (Å²) in [6.45, 7) is 1.64. The summed E-state index contributed by atoms with van der Waals surface area (Å²) < 4.78 is 10.8. The molecule has 0 aliphatic carbocycles. The number of amides is 1. The van der Waals surface area contributed by atoms with Crippen molar-refractivity contribution in [2.75, 3.05) is 26.8 Å². The van der Waals surface area contributed by atoms with Gasteiger partial charge < -0.3 is 20.1 Å². The first-order valence-electron chi connectivity index (χ1n) is 6.95. The molecular formula is C15H23ClN2O3. The fourth-order valence-electron chi connectivity index (χ4n) is 2.37. The Morgan fingerprint density at radius 3 is 2.52 bits per heavy atom. The van der Waals surface area contributed by atoms with E-state index < -0.39 is 6.04 Å². The van der Waals surface area contributed by atoms with Gasteiger partial charge in [0.2, 0.25) is 5.91 Å². The van der Waals surface area contributed by atoms with Gasteiger partial charge in [0.25, 0.3) is 0 Å². The summed E-state index contributed by atoms with van der Waals surface area (Å²) in [6, 6.07) is 9.21. The summed E-state index contributed by atoms with van der Waals surface area (Å²) in [5.41, 5.74) is 5.77. The molecule has 0 radical (unpaired) electrons. The Balaban J connectivity index is 0.00000220. The molecule has 1 atom stereocenters. The van der Waals surface area contributed by atoms with E-state index in [1.54, 1.807) is 12.0 Å². The van der Waals surface area contributed by atoms with Crippen molar-refractivity contribution in [1.82, 2.24) is 4.90 Å². The first kappa shape index (κ1) is 17.8. The van der Waals surface area contributed by atoms with Crippen molar-refractivity contribution in [3.63, 3.8) is 0 Å². The summed E-state index contributed by atoms with van der Waals surface area (Å²) in [7, 11) is 1.55. The minimum atomic E-state index is -0.563. The SMILES string of the molecule is COCC(N)C(=O)N1CCC(Oc2ccccc2)CC1.Cl. The lowest BCUT2D eigenvalue weighted by Gasteiger charge is -2.33. The van der Waals surface area contributed by atoms with Crippen LogP contribution in [0.15, 0.2) is 30.3 Å². The second-order valence-corrected chi connectivity index (χ2v) is 5.02. The van der Waals surface area contributed by atoms with E-state index in [4.69, 9.17) is 15.2 Å². The molecule has 1 fully saturated rings. The van der Waals surface area contributed by atoms with Crippen molar-refractivity contribution in [3.05, 3.63) is 30.3 Å². The second kappa shape index (κ2) is 8.87. The van der Waals surface area contributed by atoms with Gasteiger partial charge in [-0.2, -0.15) is 0 Å². The summed E-state index contributed by atoms with van der Waals surface area (Å²) in [4.78, 5) is 13.8. The maximum absolute atomic E-state index is 12.0. The number of nitrogens with zero attached hydrogens (tertiary/aromatic N) is 1. The van der Waals surface area contributed by atoms with Crippen LogP contribution in [0.2, 0.25) is 0 Å². The number of carbonyl (C=O) groups excluding carboxylic acids is 1. The maximum atomic E-state index is 12.0. The molecule has 1 amide bonds. The molecule has 2 N–H and O–H groups in total. The monoisotopic (exact) mass is 314 g/mol. The Labute approximate surface area is 131 Å². The van der Waals surface area contributed by atoms with Crippen LogP contribution in [-0.2, 0) is 9.53 Å². The Morgan fingerprint density at radius 1 is 1.33 bits per heavy atom. The van der Waals surface area contributed by atoms with Crippen LogP contribution in [0.4, 0.5) is 0 Å². The lowest BCUT2D eigenvalue weighted by atomic mass is 10.1. The van der Waals surface area contributed by atoms with Crippen LogP contribution in [0.1, 0.15) is 12.8 Å². The summed E-state index contributed by atoms with van der Waals surface area (Å²) >= 11 is 0. The van der Waals surface area contributed by atoms with E-state index in [-0.39, 0.29) is 31.0 Å². The smallest absolute Gasteiger partial charge is 0.241 e. The van der Waals surface area contributed by atoms with Gasteiger partial charge in [-0.15, -0.1) is 12.4 Å². The van der Waals surface area contributed by atoms with Gasteiger partial charge in [0, 0.05) is 33.0 Å². The van der Waals surface area contributed by atoms with E-state index in [1.807, 2.05) is 30.3 Å². The molecule has 0 saturated carbocycles. The van der Waals surface area contributed by atoms with Crippen molar-refractivity contribution in [2.24, 2.45) is 5.73 Å². The number of hydrogen-bond donors (Lipinski definition) is 1. The fourth-order valence-corrected chi connectivity index (χ4v) is 2.37. The van der Waals surface area contributed by atoms with E-state index in [1.165, 1.54) is 0 Å². The fraction of sp³-hybridized carbons (Fsp3) is 0.533. The molecule has 1 saturated heterocycles. The van der Waals surface area contributed by atoms with Gasteiger partial charge in [-0.05, 0) is 12.1 Å². The summed E-state index contributed by atoms with van der Waals surface area (Å²) in [5, 5.41) is 0. The molecule has 118 valence electrons. The van der Waals surface area contributed by atoms with Crippen molar-refractivity contribution in [3.8, 4) is 5.75 Å². The van der Waals surface area contributed by atoms with Crippen LogP contribution >= 0.6 is 12.4 Å². The minimum Gasteiger partial charge on any atom is -0.490 e. The van der Waals surface area contributed by atoms with Crippen molar-refractivity contribution in [2.45, 2.75) is 25.0 Å². The topological polar surface area (TPSA) is 64.8 Å². The van der Waals surface area contributed by atoms with Gasteiger partial charge in [-0.3, -0.25) is 4.79 Å². The standard InChI is InChI=1S/C15H22N2O3.ClH/c1-19-11-14(16)15(18)17-9-7-13(8-10-17)20-12-5-3-2-4-6-12;/h2-6,13-14H,7-11,16H2,1H3;1H. The number of benzene rings is 1. The third kappa shape index (κ3) is 5.19. The highest BCUT2D eigenvalue weighted by molar-refractivity contribution is 5.85. The first-order chi connectivity index (χ1) is 9.70. The average Bonchev–Trinajstić information content (AvgIpc) is 2.48. The Kier molecular flexibility index (Phi) is 7.50. The van der Waals surface area contributed by atoms with Crippen LogP contribution in [0.3, 0.4) is 0 Å². The number of rotatable bonds is 5. The molecule has 0 bridgehead atoms. The predicted molar refractivity (Wildman–Crippen MR) is 83.8 cm³/mol. The zero-order valence-corrected chi connectivity index (χ0v) is 13.1. The second-order valence-electron chi connectivity index (χ2n) is 5.02. The average molecular weight is 315 g/mol. The van der Waals surface area contributed by atoms with E-state index in [9.17, 15) is 4.79 Å². The van der Waals surface area contributed by atoms with E-state index in [0.29, 0.717) is 13.1 Å². The van der Waals surface area contributed by atoms with Gasteiger partial charge in [-0.25, -0.2) is 0 Å². The number of piperidine rings is 1. The number of hydrogen-bond acceptors (Lipinski definition) is 4. The zero-order valence-electron chi connectivity index (χ0n) is 12.2. The molecule has 21 heavy (non-hydrogen) atoms. The summed E-state index contributed by atoms with van der Waals surface area (Å²) in [5.74, 6) is 0.846. The third-order valence-corrected chi connectivity index (χ3v) is 3.46. The highest BCUT2D eigenvalue weighted by atomic mass is 35.5. The van der Waals surface area contributed by atoms with Crippen LogP contribution in [0, 0.1) is 0 Å². The van der Waals surface area contributed by atoms with Gasteiger partial charge in [0.1, 0.15) is 17.9 Å². The molecule has 2 rings (SSSR count). The van der Waals surface area contributed by atoms with Crippen molar-refractivity contribution in [1.29, 1.82) is 0 Å². The Hall–Kier alpha value is -1.30. The lowest BCUT2D eigenvalue weighted by Crippen LogP contribution is -2.50. The van der Waals surface area contributed by atoms with Gasteiger partial charge in [0.05, 0.1) is 6.61 Å². The Morgan fingerprint density at radius 2 is 1.95 bits per heavy atom. The number of likely N-dealkylation sites (tertiary alicyclic amines) is 1. The van der Waals surface area contributed by atoms with Crippen LogP contribution < -0.4 is 10.5 Å². The highest BCUT2D eigenvalue weighted by Gasteiger charge is 2.27. The molecule has 0 spiro atoms. The molecule has 1 aliphatic heterocycles. The molecule has 1 aromatic carbocycles. The van der Waals surface area contributed by atoms with Crippen LogP contribution in [-0.4, -0.2) is 49.8 Å². The molecule has 1 unspecified atom stereocenters. The van der Waals surface area contributed by atoms with Gasteiger partial charge in [-0.1, -0.05) is 18.2 Å². The number of nitrogens with two attached hydrogens (primary N) is 1. The van der Waals surface area contributed by atoms with E-state index >= 15 is 0 Å². The number of ether oxygens (including phenoxy) is 2. The molecular weight excluding hydrogens is 292 g/mol. The Bertz CT molecular complexity index is 422. The molecule has 1 aliphatic rings. The molecule has 6 heteroatoms. The van der Waals surface area contributed by atoms with Crippen LogP contribution in [0.25, 0.3) is 0 Å². The largest absolute Gasteiger partial charge is 0.490 e. The number of carbonyl (C=O) groups is 1. The zero-order chi connectivity index (χ0) is 14.4. The predicted octanol–water partition coefficient (Wildman–Crippen LogP) is 1.45. The number of halogens is 1. The highest BCUT2D eigenvalue weighted by Crippen LogP contribution is 2.18. The molecule has 1 heterocycles. The van der Waals surface area contributed by atoms with E-state index in [2.05, 4.69) is 0 Å². The van der Waals surface area contributed by atoms with Gasteiger partial charge in [0.15, 0.2) is 0 Å². The third-order valence-electron chi connectivity index (χ3n) is 3.46. The van der Waals surface area contributed by atoms with Gasteiger partial charge >= 0.3 is 0 Å². The van der Waals surface area contributed by atoms with E-state index in [0.717, 1.165) is 18.6 Å². The number of para-hydroxylation sites is 1. The summed E-state index contributed by atoms with van der Waals surface area (Å²) in [6.07, 6.45) is 1.83. The van der Waals surface area contributed by atoms with Crippen molar-refractivity contribution >= 4 is 18.3 Å².